The van der Waals surface area contributed by atoms with Gasteiger partial charge in [0.1, 0.15) is 17.5 Å². The molecule has 0 atom stereocenters. The van der Waals surface area contributed by atoms with E-state index in [1.54, 1.807) is 0 Å². The van der Waals surface area contributed by atoms with Crippen LogP contribution in [0.4, 0.5) is 24.5 Å². The number of nitrogens with one attached hydrogen (secondary N) is 1. The average molecular weight is 266 g/mol. The van der Waals surface area contributed by atoms with E-state index >= 15 is 0 Å². The summed E-state index contributed by atoms with van der Waals surface area (Å²) in [6, 6.07) is 6.51. The van der Waals surface area contributed by atoms with Gasteiger partial charge in [0.15, 0.2) is 0 Å². The number of nitrogens with two attached hydrogens (primary N) is 1. The molecule has 0 unspecified atom stereocenters. The maximum absolute atomic E-state index is 13.4. The van der Waals surface area contributed by atoms with Crippen molar-refractivity contribution in [2.45, 2.75) is 0 Å². The zero-order chi connectivity index (χ0) is 14.0. The fourth-order valence-corrected chi connectivity index (χ4v) is 1.50. The number of benzene rings is 2. The van der Waals surface area contributed by atoms with Gasteiger partial charge < -0.3 is 11.1 Å². The quantitative estimate of drug-likeness (QED) is 0.821. The van der Waals surface area contributed by atoms with E-state index in [4.69, 9.17) is 5.73 Å². The molecule has 0 saturated heterocycles. The molecule has 1 amide bonds. The Labute approximate surface area is 106 Å². The Kier molecular flexibility index (Phi) is 3.41. The van der Waals surface area contributed by atoms with Crippen LogP contribution in [-0.4, -0.2) is 5.91 Å². The number of anilines is 2. The zero-order valence-electron chi connectivity index (χ0n) is 9.58. The summed E-state index contributed by atoms with van der Waals surface area (Å²) >= 11 is 0. The van der Waals surface area contributed by atoms with E-state index in [2.05, 4.69) is 5.32 Å². The summed E-state index contributed by atoms with van der Waals surface area (Å²) in [6.45, 7) is 0. The maximum atomic E-state index is 13.4. The highest BCUT2D eigenvalue weighted by molar-refractivity contribution is 6.04. The van der Waals surface area contributed by atoms with Crippen molar-refractivity contribution in [3.05, 3.63) is 59.4 Å². The lowest BCUT2D eigenvalue weighted by atomic mass is 10.1. The minimum Gasteiger partial charge on any atom is -0.396 e. The van der Waals surface area contributed by atoms with Gasteiger partial charge in [-0.05, 0) is 24.3 Å². The third kappa shape index (κ3) is 2.85. The number of hydrogen-bond acceptors (Lipinski definition) is 2. The highest BCUT2D eigenvalue weighted by Gasteiger charge is 2.15. The summed E-state index contributed by atoms with van der Waals surface area (Å²) in [5.41, 5.74) is 4.67. The molecule has 0 bridgehead atoms. The molecular weight excluding hydrogens is 257 g/mol. The van der Waals surface area contributed by atoms with Gasteiger partial charge >= 0.3 is 0 Å². The van der Waals surface area contributed by atoms with Crippen LogP contribution < -0.4 is 11.1 Å². The Morgan fingerprint density at radius 1 is 1.05 bits per heavy atom. The fourth-order valence-electron chi connectivity index (χ4n) is 1.50. The number of hydrogen-bond donors (Lipinski definition) is 2. The van der Waals surface area contributed by atoms with E-state index < -0.39 is 28.9 Å². The summed E-state index contributed by atoms with van der Waals surface area (Å²) in [5.74, 6) is -3.37. The monoisotopic (exact) mass is 266 g/mol. The Hall–Kier alpha value is -2.50. The predicted octanol–water partition coefficient (Wildman–Crippen LogP) is 2.94. The van der Waals surface area contributed by atoms with Gasteiger partial charge in [-0.15, -0.1) is 0 Å². The number of carbonyl (C=O) groups is 1. The lowest BCUT2D eigenvalue weighted by molar-refractivity contribution is 0.102. The molecule has 2 aromatic rings. The number of rotatable bonds is 2. The molecule has 0 aliphatic carbocycles. The van der Waals surface area contributed by atoms with Gasteiger partial charge in [0.25, 0.3) is 5.91 Å². The van der Waals surface area contributed by atoms with E-state index in [0.717, 1.165) is 12.1 Å². The lowest BCUT2D eigenvalue weighted by Gasteiger charge is -2.07. The van der Waals surface area contributed by atoms with E-state index in [-0.39, 0.29) is 11.4 Å². The summed E-state index contributed by atoms with van der Waals surface area (Å²) in [5, 5.41) is 2.29. The van der Waals surface area contributed by atoms with Crippen molar-refractivity contribution < 1.29 is 18.0 Å². The first-order chi connectivity index (χ1) is 8.97. The van der Waals surface area contributed by atoms with Crippen molar-refractivity contribution in [2.24, 2.45) is 0 Å². The second-order valence-electron chi connectivity index (χ2n) is 3.82. The average Bonchev–Trinajstić information content (AvgIpc) is 2.33. The zero-order valence-corrected chi connectivity index (χ0v) is 9.58. The third-order valence-corrected chi connectivity index (χ3v) is 2.41. The number of halogens is 3. The summed E-state index contributed by atoms with van der Waals surface area (Å²) < 4.78 is 39.3. The Morgan fingerprint density at radius 3 is 2.47 bits per heavy atom. The van der Waals surface area contributed by atoms with Crippen molar-refractivity contribution in [1.29, 1.82) is 0 Å². The van der Waals surface area contributed by atoms with Crippen LogP contribution in [0, 0.1) is 17.5 Å². The first kappa shape index (κ1) is 12.9. The molecule has 6 heteroatoms. The van der Waals surface area contributed by atoms with Gasteiger partial charge in [-0.3, -0.25) is 4.79 Å². The highest BCUT2D eigenvalue weighted by Crippen LogP contribution is 2.18. The molecule has 19 heavy (non-hydrogen) atoms. The Balaban J connectivity index is 2.28. The smallest absolute Gasteiger partial charge is 0.258 e. The highest BCUT2D eigenvalue weighted by atomic mass is 19.1. The standard InChI is InChI=1S/C13H9F3N2O/c14-7-2-1-3-8(4-7)18-13(19)9-5-12(17)11(16)6-10(9)15/h1-6H,17H2,(H,18,19). The molecule has 0 spiro atoms. The molecule has 0 aromatic heterocycles. The minimum absolute atomic E-state index is 0.160. The molecular formula is C13H9F3N2O. The van der Waals surface area contributed by atoms with Gasteiger partial charge in [0, 0.05) is 11.8 Å². The summed E-state index contributed by atoms with van der Waals surface area (Å²) in [7, 11) is 0. The molecule has 0 radical (unpaired) electrons. The normalized spacial score (nSPS) is 10.3. The van der Waals surface area contributed by atoms with Crippen molar-refractivity contribution in [3.8, 4) is 0 Å². The topological polar surface area (TPSA) is 55.1 Å². The van der Waals surface area contributed by atoms with Crippen molar-refractivity contribution in [2.75, 3.05) is 11.1 Å². The van der Waals surface area contributed by atoms with Gasteiger partial charge in [0.05, 0.1) is 11.3 Å². The van der Waals surface area contributed by atoms with E-state index in [1.165, 1.54) is 18.2 Å². The minimum atomic E-state index is -1.04. The predicted molar refractivity (Wildman–Crippen MR) is 65.1 cm³/mol. The SMILES string of the molecule is Nc1cc(C(=O)Nc2cccc(F)c2)c(F)cc1F. The first-order valence-electron chi connectivity index (χ1n) is 5.29. The summed E-state index contributed by atoms with van der Waals surface area (Å²) in [4.78, 5) is 11.8. The fraction of sp³-hybridized carbons (Fsp3) is 0. The van der Waals surface area contributed by atoms with Crippen molar-refractivity contribution >= 4 is 17.3 Å². The van der Waals surface area contributed by atoms with Crippen LogP contribution in [0.2, 0.25) is 0 Å². The third-order valence-electron chi connectivity index (χ3n) is 2.41. The van der Waals surface area contributed by atoms with Crippen LogP contribution in [-0.2, 0) is 0 Å². The van der Waals surface area contributed by atoms with Crippen LogP contribution in [0.5, 0.6) is 0 Å². The molecule has 0 fully saturated rings. The molecule has 0 heterocycles. The molecule has 0 aliphatic heterocycles. The molecule has 3 N–H and O–H groups in total. The van der Waals surface area contributed by atoms with Gasteiger partial charge in [-0.25, -0.2) is 13.2 Å². The molecule has 3 nitrogen and oxygen atoms in total. The lowest BCUT2D eigenvalue weighted by Crippen LogP contribution is -2.14. The second kappa shape index (κ2) is 5.01. The van der Waals surface area contributed by atoms with E-state index in [1.807, 2.05) is 0 Å². The van der Waals surface area contributed by atoms with Crippen LogP contribution >= 0.6 is 0 Å². The van der Waals surface area contributed by atoms with Crippen molar-refractivity contribution in [1.82, 2.24) is 0 Å². The molecule has 2 rings (SSSR count). The van der Waals surface area contributed by atoms with Gasteiger partial charge in [0.2, 0.25) is 0 Å². The van der Waals surface area contributed by atoms with E-state index in [0.29, 0.717) is 6.07 Å². The van der Waals surface area contributed by atoms with Gasteiger partial charge in [-0.1, -0.05) is 6.07 Å². The Morgan fingerprint density at radius 2 is 1.79 bits per heavy atom. The number of carbonyl (C=O) groups excluding carboxylic acids is 1. The Bertz CT molecular complexity index is 644. The maximum Gasteiger partial charge on any atom is 0.258 e. The van der Waals surface area contributed by atoms with Crippen molar-refractivity contribution in [3.63, 3.8) is 0 Å². The second-order valence-corrected chi connectivity index (χ2v) is 3.82. The molecule has 0 aliphatic rings. The van der Waals surface area contributed by atoms with Crippen LogP contribution in [0.25, 0.3) is 0 Å². The number of amides is 1. The summed E-state index contributed by atoms with van der Waals surface area (Å²) in [6.07, 6.45) is 0. The first-order valence-corrected chi connectivity index (χ1v) is 5.29. The van der Waals surface area contributed by atoms with Crippen LogP contribution in [0.15, 0.2) is 36.4 Å². The van der Waals surface area contributed by atoms with Gasteiger partial charge in [-0.2, -0.15) is 0 Å². The van der Waals surface area contributed by atoms with Crippen LogP contribution in [0.3, 0.4) is 0 Å². The molecule has 0 saturated carbocycles. The largest absolute Gasteiger partial charge is 0.396 e. The van der Waals surface area contributed by atoms with E-state index in [9.17, 15) is 18.0 Å². The molecule has 98 valence electrons. The van der Waals surface area contributed by atoms with Crippen LogP contribution in [0.1, 0.15) is 10.4 Å². The number of nitrogen functional groups attached to an aromatic ring is 1. The molecule has 2 aromatic carbocycles.